The molecule has 1 amide bonds. The Morgan fingerprint density at radius 1 is 1.19 bits per heavy atom. The number of rotatable bonds is 2. The summed E-state index contributed by atoms with van der Waals surface area (Å²) in [6.07, 6.45) is 3.04. The molecule has 1 fully saturated rings. The lowest BCUT2D eigenvalue weighted by atomic mass is 9.95. The summed E-state index contributed by atoms with van der Waals surface area (Å²) in [7, 11) is 0. The molecule has 6 nitrogen and oxygen atoms in total. The first-order valence-electron chi connectivity index (χ1n) is 7.37. The SMILES string of the molecule is CC(=O)N1CCc2c(N3CCCC3)ccc([N+](=O)[O-])c2C1. The molecule has 0 bridgehead atoms. The van der Waals surface area contributed by atoms with Crippen molar-refractivity contribution in [3.05, 3.63) is 33.4 Å². The Balaban J connectivity index is 2.05. The minimum Gasteiger partial charge on any atom is -0.371 e. The van der Waals surface area contributed by atoms with Gasteiger partial charge in [0.1, 0.15) is 0 Å². The number of hydrogen-bond donors (Lipinski definition) is 0. The number of nitro benzene ring substituents is 1. The number of fused-ring (bicyclic) bond motifs is 1. The molecule has 2 aliphatic heterocycles. The summed E-state index contributed by atoms with van der Waals surface area (Å²) in [5.74, 6) is -0.0264. The molecular weight excluding hydrogens is 270 g/mol. The van der Waals surface area contributed by atoms with Crippen molar-refractivity contribution in [2.75, 3.05) is 24.5 Å². The van der Waals surface area contributed by atoms with Crippen LogP contribution in [0.1, 0.15) is 30.9 Å². The summed E-state index contributed by atoms with van der Waals surface area (Å²) in [5.41, 5.74) is 3.03. The summed E-state index contributed by atoms with van der Waals surface area (Å²) in [5, 5.41) is 11.3. The van der Waals surface area contributed by atoms with Crippen LogP contribution in [0.15, 0.2) is 12.1 Å². The number of amides is 1. The largest absolute Gasteiger partial charge is 0.371 e. The van der Waals surface area contributed by atoms with Crippen molar-refractivity contribution in [3.8, 4) is 0 Å². The number of anilines is 1. The van der Waals surface area contributed by atoms with E-state index in [1.165, 1.54) is 19.8 Å². The Morgan fingerprint density at radius 2 is 1.90 bits per heavy atom. The number of hydrogen-bond acceptors (Lipinski definition) is 4. The highest BCUT2D eigenvalue weighted by Gasteiger charge is 2.29. The molecule has 2 heterocycles. The standard InChI is InChI=1S/C15H19N3O3/c1-11(19)17-9-6-12-13(10-17)15(18(20)21)5-4-14(12)16-7-2-3-8-16/h4-5H,2-3,6-10H2,1H3. The van der Waals surface area contributed by atoms with Gasteiger partial charge in [-0.25, -0.2) is 0 Å². The van der Waals surface area contributed by atoms with Gasteiger partial charge in [0.25, 0.3) is 5.69 Å². The van der Waals surface area contributed by atoms with Crippen LogP contribution >= 0.6 is 0 Å². The van der Waals surface area contributed by atoms with Crippen LogP contribution in [0.4, 0.5) is 11.4 Å². The van der Waals surface area contributed by atoms with E-state index in [9.17, 15) is 14.9 Å². The average Bonchev–Trinajstić information content (AvgIpc) is 2.99. The normalized spacial score (nSPS) is 17.8. The number of nitrogens with zero attached hydrogens (tertiary/aromatic N) is 3. The van der Waals surface area contributed by atoms with Gasteiger partial charge in [-0.2, -0.15) is 0 Å². The van der Waals surface area contributed by atoms with E-state index in [2.05, 4.69) is 4.90 Å². The first kappa shape index (κ1) is 13.9. The van der Waals surface area contributed by atoms with E-state index in [1.807, 2.05) is 6.07 Å². The Hall–Kier alpha value is -2.11. The van der Waals surface area contributed by atoms with Gasteiger partial charge < -0.3 is 9.80 Å². The van der Waals surface area contributed by atoms with Gasteiger partial charge in [0.05, 0.1) is 17.0 Å². The predicted molar refractivity (Wildman–Crippen MR) is 79.3 cm³/mol. The zero-order chi connectivity index (χ0) is 15.0. The Morgan fingerprint density at radius 3 is 2.52 bits per heavy atom. The molecule has 1 aromatic rings. The second kappa shape index (κ2) is 5.35. The van der Waals surface area contributed by atoms with E-state index >= 15 is 0 Å². The zero-order valence-electron chi connectivity index (χ0n) is 12.2. The van der Waals surface area contributed by atoms with Gasteiger partial charge in [-0.1, -0.05) is 0 Å². The molecule has 21 heavy (non-hydrogen) atoms. The second-order valence-electron chi connectivity index (χ2n) is 5.70. The first-order chi connectivity index (χ1) is 10.1. The minimum absolute atomic E-state index is 0.0264. The third-order valence-electron chi connectivity index (χ3n) is 4.45. The molecule has 2 aliphatic rings. The lowest BCUT2D eigenvalue weighted by Crippen LogP contribution is -2.35. The van der Waals surface area contributed by atoms with Crippen LogP contribution in [0.25, 0.3) is 0 Å². The molecule has 0 aromatic heterocycles. The van der Waals surface area contributed by atoms with Crippen molar-refractivity contribution in [3.63, 3.8) is 0 Å². The maximum absolute atomic E-state index is 11.6. The van der Waals surface area contributed by atoms with Crippen molar-refractivity contribution in [2.24, 2.45) is 0 Å². The zero-order valence-corrected chi connectivity index (χ0v) is 12.2. The molecule has 0 saturated carbocycles. The summed E-state index contributed by atoms with van der Waals surface area (Å²) in [6, 6.07) is 3.47. The molecule has 0 radical (unpaired) electrons. The molecule has 3 rings (SSSR count). The number of carbonyl (C=O) groups is 1. The molecule has 1 aromatic carbocycles. The monoisotopic (exact) mass is 289 g/mol. The van der Waals surface area contributed by atoms with Gasteiger partial charge in [-0.3, -0.25) is 14.9 Å². The molecule has 0 aliphatic carbocycles. The highest BCUT2D eigenvalue weighted by Crippen LogP contribution is 2.36. The molecule has 0 unspecified atom stereocenters. The molecule has 112 valence electrons. The van der Waals surface area contributed by atoms with Crippen LogP contribution in [0.2, 0.25) is 0 Å². The fourth-order valence-corrected chi connectivity index (χ4v) is 3.33. The fourth-order valence-electron chi connectivity index (χ4n) is 3.33. The topological polar surface area (TPSA) is 66.7 Å². The number of nitro groups is 1. The van der Waals surface area contributed by atoms with Gasteiger partial charge >= 0.3 is 0 Å². The Labute approximate surface area is 123 Å². The van der Waals surface area contributed by atoms with Crippen molar-refractivity contribution in [1.82, 2.24) is 4.90 Å². The van der Waals surface area contributed by atoms with Crippen molar-refractivity contribution < 1.29 is 9.72 Å². The third-order valence-corrected chi connectivity index (χ3v) is 4.45. The predicted octanol–water partition coefficient (Wildman–Crippen LogP) is 2.10. The second-order valence-corrected chi connectivity index (χ2v) is 5.70. The van der Waals surface area contributed by atoms with Crippen LogP contribution in [0.3, 0.4) is 0 Å². The van der Waals surface area contributed by atoms with Gasteiger partial charge in [0.2, 0.25) is 5.91 Å². The Kier molecular flexibility index (Phi) is 3.53. The smallest absolute Gasteiger partial charge is 0.274 e. The summed E-state index contributed by atoms with van der Waals surface area (Å²) < 4.78 is 0. The maximum Gasteiger partial charge on any atom is 0.274 e. The van der Waals surface area contributed by atoms with Crippen molar-refractivity contribution >= 4 is 17.3 Å². The van der Waals surface area contributed by atoms with Crippen LogP contribution < -0.4 is 4.90 Å². The van der Waals surface area contributed by atoms with Gasteiger partial charge in [-0.05, 0) is 30.9 Å². The summed E-state index contributed by atoms with van der Waals surface area (Å²) in [4.78, 5) is 26.5. The third kappa shape index (κ3) is 2.46. The molecular formula is C15H19N3O3. The first-order valence-corrected chi connectivity index (χ1v) is 7.37. The quantitative estimate of drug-likeness (QED) is 0.617. The minimum atomic E-state index is -0.337. The molecule has 0 N–H and O–H groups in total. The van der Waals surface area contributed by atoms with Crippen molar-refractivity contribution in [2.45, 2.75) is 32.7 Å². The van der Waals surface area contributed by atoms with Crippen molar-refractivity contribution in [1.29, 1.82) is 0 Å². The van der Waals surface area contributed by atoms with E-state index in [4.69, 9.17) is 0 Å². The maximum atomic E-state index is 11.6. The summed E-state index contributed by atoms with van der Waals surface area (Å²) >= 11 is 0. The average molecular weight is 289 g/mol. The van der Waals surface area contributed by atoms with Crippen LogP contribution in [0, 0.1) is 10.1 Å². The van der Waals surface area contributed by atoms with Crippen LogP contribution in [-0.2, 0) is 17.8 Å². The number of carbonyl (C=O) groups excluding carboxylic acids is 1. The van der Waals surface area contributed by atoms with Gasteiger partial charge in [-0.15, -0.1) is 0 Å². The molecule has 0 spiro atoms. The van der Waals surface area contributed by atoms with E-state index in [1.54, 1.807) is 11.0 Å². The molecule has 6 heteroatoms. The van der Waals surface area contributed by atoms with Crippen LogP contribution in [-0.4, -0.2) is 35.4 Å². The molecule has 1 saturated heterocycles. The lowest BCUT2D eigenvalue weighted by Gasteiger charge is -2.31. The van der Waals surface area contributed by atoms with E-state index in [0.29, 0.717) is 25.1 Å². The highest BCUT2D eigenvalue weighted by atomic mass is 16.6. The van der Waals surface area contributed by atoms with Gasteiger partial charge in [0, 0.05) is 38.3 Å². The number of benzene rings is 1. The highest BCUT2D eigenvalue weighted by molar-refractivity contribution is 5.75. The Bertz CT molecular complexity index is 594. The fraction of sp³-hybridized carbons (Fsp3) is 0.533. The van der Waals surface area contributed by atoms with E-state index in [0.717, 1.165) is 24.3 Å². The molecule has 0 atom stereocenters. The summed E-state index contributed by atoms with van der Waals surface area (Å²) in [6.45, 7) is 4.54. The lowest BCUT2D eigenvalue weighted by molar-refractivity contribution is -0.385. The van der Waals surface area contributed by atoms with E-state index < -0.39 is 0 Å². The van der Waals surface area contributed by atoms with E-state index in [-0.39, 0.29) is 16.5 Å². The van der Waals surface area contributed by atoms with Gasteiger partial charge in [0.15, 0.2) is 0 Å². The van der Waals surface area contributed by atoms with Crippen LogP contribution in [0.5, 0.6) is 0 Å².